The zero-order valence-electron chi connectivity index (χ0n) is 24.1. The van der Waals surface area contributed by atoms with Gasteiger partial charge in [-0.2, -0.15) is 0 Å². The lowest BCUT2D eigenvalue weighted by atomic mass is 10.0. The summed E-state index contributed by atoms with van der Waals surface area (Å²) in [5, 5.41) is 7.09. The van der Waals surface area contributed by atoms with Crippen LogP contribution in [0.1, 0.15) is 11.1 Å². The minimum atomic E-state index is 0.697. The Hall–Kier alpha value is -5.80. The molecule has 0 aliphatic rings. The fourth-order valence-corrected chi connectivity index (χ4v) is 6.15. The van der Waals surface area contributed by atoms with E-state index in [1.807, 2.05) is 0 Å². The normalized spacial score (nSPS) is 11.7. The van der Waals surface area contributed by atoms with Gasteiger partial charge in [-0.25, -0.2) is 9.97 Å². The first-order valence-electron chi connectivity index (χ1n) is 14.9. The smallest absolute Gasteiger partial charge is 0.0944 e. The van der Waals surface area contributed by atoms with E-state index in [0.717, 1.165) is 56.3 Å². The van der Waals surface area contributed by atoms with Crippen LogP contribution >= 0.6 is 0 Å². The predicted octanol–water partition coefficient (Wildman–Crippen LogP) is 10.3. The standard InChI is InChI=1S/C41H29N3/c42-39-32(12-6-11-28-10-5-9-27-7-1-3-13-35(27)28)20-22-34-24-26-38(44-41(34)39)31-18-16-30(17-19-31)37-25-23-33-21-15-29-8-2-4-14-36(29)40(33)43-37/h1-10,12-26H,11,42H2/b12-6-. The second kappa shape index (κ2) is 10.8. The zero-order valence-corrected chi connectivity index (χ0v) is 24.1. The molecular weight excluding hydrogens is 534 g/mol. The SMILES string of the molecule is Nc1c(/C=C\Cc2cccc3ccccc23)ccc2ccc(-c3ccc(-c4ccc5ccc6ccccc6c5n4)cc3)nc12. The summed E-state index contributed by atoms with van der Waals surface area (Å²) in [5.74, 6) is 0. The Labute approximate surface area is 256 Å². The molecule has 0 aliphatic heterocycles. The molecule has 3 nitrogen and oxygen atoms in total. The Morgan fingerprint density at radius 3 is 1.77 bits per heavy atom. The second-order valence-electron chi connectivity index (χ2n) is 11.2. The number of benzene rings is 6. The molecule has 0 saturated carbocycles. The molecule has 8 aromatic rings. The minimum absolute atomic E-state index is 0.697. The first-order chi connectivity index (χ1) is 21.7. The van der Waals surface area contributed by atoms with Crippen molar-refractivity contribution in [3.05, 3.63) is 157 Å². The quantitative estimate of drug-likeness (QED) is 0.167. The highest BCUT2D eigenvalue weighted by Gasteiger charge is 2.09. The number of nitrogens with zero attached hydrogens (tertiary/aromatic N) is 2. The van der Waals surface area contributed by atoms with Crippen LogP contribution in [-0.2, 0) is 6.42 Å². The summed E-state index contributed by atoms with van der Waals surface area (Å²) in [6.45, 7) is 0. The molecule has 2 aromatic heterocycles. The maximum atomic E-state index is 6.70. The minimum Gasteiger partial charge on any atom is -0.396 e. The number of allylic oxidation sites excluding steroid dienone is 1. The van der Waals surface area contributed by atoms with Gasteiger partial charge < -0.3 is 5.73 Å². The molecule has 0 unspecified atom stereocenters. The summed E-state index contributed by atoms with van der Waals surface area (Å²) in [7, 11) is 0. The Kier molecular flexibility index (Phi) is 6.35. The largest absolute Gasteiger partial charge is 0.396 e. The van der Waals surface area contributed by atoms with Gasteiger partial charge in [0.1, 0.15) is 0 Å². The topological polar surface area (TPSA) is 51.8 Å². The van der Waals surface area contributed by atoms with Crippen LogP contribution < -0.4 is 5.73 Å². The predicted molar refractivity (Wildman–Crippen MR) is 187 cm³/mol. The van der Waals surface area contributed by atoms with Gasteiger partial charge in [0, 0.05) is 27.3 Å². The fourth-order valence-electron chi connectivity index (χ4n) is 6.15. The van der Waals surface area contributed by atoms with Gasteiger partial charge in [-0.15, -0.1) is 0 Å². The molecule has 3 heteroatoms. The van der Waals surface area contributed by atoms with Crippen molar-refractivity contribution in [3.63, 3.8) is 0 Å². The number of nitrogens with two attached hydrogens (primary N) is 1. The number of nitrogen functional groups attached to an aromatic ring is 1. The molecule has 208 valence electrons. The van der Waals surface area contributed by atoms with E-state index in [4.69, 9.17) is 15.7 Å². The lowest BCUT2D eigenvalue weighted by Crippen LogP contribution is -1.95. The third kappa shape index (κ3) is 4.65. The zero-order chi connectivity index (χ0) is 29.5. The highest BCUT2D eigenvalue weighted by atomic mass is 14.7. The van der Waals surface area contributed by atoms with Crippen LogP contribution in [-0.4, -0.2) is 9.97 Å². The van der Waals surface area contributed by atoms with E-state index in [9.17, 15) is 0 Å². The van der Waals surface area contributed by atoms with Gasteiger partial charge in [0.2, 0.25) is 0 Å². The first kappa shape index (κ1) is 25.9. The van der Waals surface area contributed by atoms with E-state index in [-0.39, 0.29) is 0 Å². The van der Waals surface area contributed by atoms with E-state index < -0.39 is 0 Å². The monoisotopic (exact) mass is 563 g/mol. The Morgan fingerprint density at radius 1 is 0.477 bits per heavy atom. The molecule has 8 rings (SSSR count). The maximum Gasteiger partial charge on any atom is 0.0944 e. The average molecular weight is 564 g/mol. The average Bonchev–Trinajstić information content (AvgIpc) is 3.09. The van der Waals surface area contributed by atoms with E-state index in [1.165, 1.54) is 27.1 Å². The fraction of sp³-hybridized carbons (Fsp3) is 0.0244. The third-order valence-electron chi connectivity index (χ3n) is 8.51. The number of fused-ring (bicyclic) bond motifs is 5. The number of pyridine rings is 2. The van der Waals surface area contributed by atoms with Crippen molar-refractivity contribution in [1.82, 2.24) is 9.97 Å². The molecule has 2 N–H and O–H groups in total. The number of rotatable bonds is 5. The lowest BCUT2D eigenvalue weighted by Gasteiger charge is -2.10. The number of hydrogen-bond donors (Lipinski definition) is 1. The van der Waals surface area contributed by atoms with Gasteiger partial charge in [0.25, 0.3) is 0 Å². The lowest BCUT2D eigenvalue weighted by molar-refractivity contribution is 1.31. The number of hydrogen-bond acceptors (Lipinski definition) is 3. The molecule has 0 spiro atoms. The summed E-state index contributed by atoms with van der Waals surface area (Å²) in [5.41, 5.74) is 15.5. The van der Waals surface area contributed by atoms with Crippen molar-refractivity contribution in [2.75, 3.05) is 5.73 Å². The van der Waals surface area contributed by atoms with E-state index >= 15 is 0 Å². The molecule has 44 heavy (non-hydrogen) atoms. The van der Waals surface area contributed by atoms with Crippen LogP contribution in [0.4, 0.5) is 5.69 Å². The molecule has 0 bridgehead atoms. The Morgan fingerprint density at radius 2 is 1.02 bits per heavy atom. The summed E-state index contributed by atoms with van der Waals surface area (Å²) in [6.07, 6.45) is 5.13. The molecule has 6 aromatic carbocycles. The van der Waals surface area contributed by atoms with Gasteiger partial charge in [-0.05, 0) is 45.8 Å². The third-order valence-corrected chi connectivity index (χ3v) is 8.51. The molecule has 2 heterocycles. The van der Waals surface area contributed by atoms with Crippen LogP contribution in [0.15, 0.2) is 146 Å². The summed E-state index contributed by atoms with van der Waals surface area (Å²) in [4.78, 5) is 10.1. The van der Waals surface area contributed by atoms with Crippen LogP contribution in [0.25, 0.3) is 71.9 Å². The van der Waals surface area contributed by atoms with Crippen molar-refractivity contribution >= 4 is 55.1 Å². The van der Waals surface area contributed by atoms with Crippen molar-refractivity contribution in [1.29, 1.82) is 0 Å². The molecule has 0 amide bonds. The maximum absolute atomic E-state index is 6.70. The Balaban J connectivity index is 1.08. The molecule has 0 saturated heterocycles. The second-order valence-corrected chi connectivity index (χ2v) is 11.2. The van der Waals surface area contributed by atoms with Crippen molar-refractivity contribution in [2.45, 2.75) is 6.42 Å². The van der Waals surface area contributed by atoms with Crippen LogP contribution in [0, 0.1) is 0 Å². The summed E-state index contributed by atoms with van der Waals surface area (Å²) in [6, 6.07) is 48.7. The molecule has 0 atom stereocenters. The van der Waals surface area contributed by atoms with Crippen molar-refractivity contribution in [3.8, 4) is 22.5 Å². The molecule has 0 radical (unpaired) electrons. The summed E-state index contributed by atoms with van der Waals surface area (Å²) >= 11 is 0. The Bertz CT molecular complexity index is 2360. The van der Waals surface area contributed by atoms with Gasteiger partial charge in [0.05, 0.1) is 28.1 Å². The van der Waals surface area contributed by atoms with Crippen molar-refractivity contribution < 1.29 is 0 Å². The van der Waals surface area contributed by atoms with Gasteiger partial charge >= 0.3 is 0 Å². The molecular formula is C41H29N3. The summed E-state index contributed by atoms with van der Waals surface area (Å²) < 4.78 is 0. The van der Waals surface area contributed by atoms with Crippen LogP contribution in [0.5, 0.6) is 0 Å². The number of aromatic nitrogens is 2. The molecule has 0 aliphatic carbocycles. The van der Waals surface area contributed by atoms with Gasteiger partial charge in [-0.1, -0.05) is 140 Å². The molecule has 0 fully saturated rings. The van der Waals surface area contributed by atoms with E-state index in [1.54, 1.807) is 0 Å². The van der Waals surface area contributed by atoms with E-state index in [0.29, 0.717) is 5.69 Å². The van der Waals surface area contributed by atoms with Crippen molar-refractivity contribution in [2.24, 2.45) is 0 Å². The first-order valence-corrected chi connectivity index (χ1v) is 14.9. The number of anilines is 1. The van der Waals surface area contributed by atoms with E-state index in [2.05, 4.69) is 152 Å². The highest BCUT2D eigenvalue weighted by molar-refractivity contribution is 6.05. The van der Waals surface area contributed by atoms with Crippen LogP contribution in [0.2, 0.25) is 0 Å². The van der Waals surface area contributed by atoms with Gasteiger partial charge in [-0.3, -0.25) is 0 Å². The highest BCUT2D eigenvalue weighted by Crippen LogP contribution is 2.31. The van der Waals surface area contributed by atoms with Crippen LogP contribution in [0.3, 0.4) is 0 Å². The van der Waals surface area contributed by atoms with Gasteiger partial charge in [0.15, 0.2) is 0 Å².